The maximum absolute atomic E-state index is 12.9. The van der Waals surface area contributed by atoms with Crippen LogP contribution in [-0.2, 0) is 9.47 Å². The maximum atomic E-state index is 12.9. The second-order valence-corrected chi connectivity index (χ2v) is 3.74. The molecule has 2 aliphatic rings. The van der Waals surface area contributed by atoms with Crippen LogP contribution in [0.25, 0.3) is 0 Å². The Morgan fingerprint density at radius 2 is 1.77 bits per heavy atom. The SMILES string of the molecule is CC(F)=C1CCC2(CC1)OCCO2. The highest BCUT2D eigenvalue weighted by Gasteiger charge is 2.39. The van der Waals surface area contributed by atoms with E-state index < -0.39 is 0 Å². The molecule has 1 heterocycles. The summed E-state index contributed by atoms with van der Waals surface area (Å²) in [5.41, 5.74) is 0.935. The van der Waals surface area contributed by atoms with Gasteiger partial charge in [0.25, 0.3) is 0 Å². The second-order valence-electron chi connectivity index (χ2n) is 3.74. The molecule has 2 nitrogen and oxygen atoms in total. The van der Waals surface area contributed by atoms with E-state index >= 15 is 0 Å². The number of hydrogen-bond donors (Lipinski definition) is 0. The average Bonchev–Trinajstić information content (AvgIpc) is 2.54. The minimum absolute atomic E-state index is 0.0205. The van der Waals surface area contributed by atoms with Crippen LogP contribution in [0.4, 0.5) is 4.39 Å². The predicted octanol–water partition coefficient (Wildman–Crippen LogP) is 2.55. The van der Waals surface area contributed by atoms with Crippen LogP contribution in [-0.4, -0.2) is 19.0 Å². The molecule has 0 N–H and O–H groups in total. The molecule has 2 fully saturated rings. The lowest BCUT2D eigenvalue weighted by Crippen LogP contribution is -2.33. The van der Waals surface area contributed by atoms with E-state index in [1.165, 1.54) is 6.92 Å². The van der Waals surface area contributed by atoms with Crippen molar-refractivity contribution in [3.63, 3.8) is 0 Å². The van der Waals surface area contributed by atoms with Crippen molar-refractivity contribution in [3.05, 3.63) is 11.4 Å². The molecule has 0 aromatic heterocycles. The largest absolute Gasteiger partial charge is 0.348 e. The molecule has 0 aromatic rings. The molecule has 1 saturated carbocycles. The van der Waals surface area contributed by atoms with E-state index in [2.05, 4.69) is 0 Å². The lowest BCUT2D eigenvalue weighted by atomic mass is 9.89. The van der Waals surface area contributed by atoms with Crippen LogP contribution in [0, 0.1) is 0 Å². The number of allylic oxidation sites excluding steroid dienone is 2. The number of halogens is 1. The quantitative estimate of drug-likeness (QED) is 0.578. The van der Waals surface area contributed by atoms with Gasteiger partial charge in [-0.05, 0) is 25.3 Å². The van der Waals surface area contributed by atoms with E-state index in [0.29, 0.717) is 13.2 Å². The first-order valence-corrected chi connectivity index (χ1v) is 4.84. The molecule has 0 aromatic carbocycles. The van der Waals surface area contributed by atoms with Gasteiger partial charge in [0.2, 0.25) is 0 Å². The molecule has 1 saturated heterocycles. The van der Waals surface area contributed by atoms with Gasteiger partial charge in [-0.1, -0.05) is 0 Å². The lowest BCUT2D eigenvalue weighted by Gasteiger charge is -2.32. The first kappa shape index (κ1) is 9.16. The first-order valence-electron chi connectivity index (χ1n) is 4.84. The zero-order valence-electron chi connectivity index (χ0n) is 7.94. The van der Waals surface area contributed by atoms with Gasteiger partial charge in [0.05, 0.1) is 19.0 Å². The Labute approximate surface area is 77.7 Å². The molecule has 3 heteroatoms. The third-order valence-electron chi connectivity index (χ3n) is 2.92. The fourth-order valence-electron chi connectivity index (χ4n) is 2.06. The Kier molecular flexibility index (Phi) is 2.39. The zero-order valence-corrected chi connectivity index (χ0v) is 7.94. The minimum atomic E-state index is -0.362. The fourth-order valence-corrected chi connectivity index (χ4v) is 2.06. The average molecular weight is 186 g/mol. The number of rotatable bonds is 0. The Balaban J connectivity index is 1.99. The maximum Gasteiger partial charge on any atom is 0.169 e. The van der Waals surface area contributed by atoms with Gasteiger partial charge in [0.1, 0.15) is 0 Å². The van der Waals surface area contributed by atoms with Gasteiger partial charge in [0, 0.05) is 12.8 Å². The highest BCUT2D eigenvalue weighted by molar-refractivity contribution is 5.10. The fraction of sp³-hybridized carbons (Fsp3) is 0.800. The summed E-state index contributed by atoms with van der Waals surface area (Å²) in [7, 11) is 0. The predicted molar refractivity (Wildman–Crippen MR) is 46.9 cm³/mol. The molecular weight excluding hydrogens is 171 g/mol. The molecule has 0 radical (unpaired) electrons. The van der Waals surface area contributed by atoms with Crippen LogP contribution >= 0.6 is 0 Å². The molecule has 74 valence electrons. The van der Waals surface area contributed by atoms with Crippen molar-refractivity contribution in [1.82, 2.24) is 0 Å². The van der Waals surface area contributed by atoms with E-state index in [-0.39, 0.29) is 11.6 Å². The van der Waals surface area contributed by atoms with Gasteiger partial charge in [0.15, 0.2) is 5.79 Å². The van der Waals surface area contributed by atoms with Crippen molar-refractivity contribution in [1.29, 1.82) is 0 Å². The van der Waals surface area contributed by atoms with E-state index in [1.54, 1.807) is 0 Å². The molecule has 0 atom stereocenters. The summed E-state index contributed by atoms with van der Waals surface area (Å²) in [4.78, 5) is 0. The monoisotopic (exact) mass is 186 g/mol. The molecule has 1 aliphatic carbocycles. The number of ether oxygens (including phenoxy) is 2. The normalized spacial score (nSPS) is 26.8. The van der Waals surface area contributed by atoms with Gasteiger partial charge in [-0.3, -0.25) is 0 Å². The molecule has 0 amide bonds. The van der Waals surface area contributed by atoms with E-state index in [9.17, 15) is 4.39 Å². The van der Waals surface area contributed by atoms with Gasteiger partial charge in [-0.2, -0.15) is 0 Å². The molecule has 13 heavy (non-hydrogen) atoms. The van der Waals surface area contributed by atoms with Crippen molar-refractivity contribution in [3.8, 4) is 0 Å². The summed E-state index contributed by atoms with van der Waals surface area (Å²) < 4.78 is 23.9. The van der Waals surface area contributed by atoms with Crippen LogP contribution in [0.1, 0.15) is 32.6 Å². The van der Waals surface area contributed by atoms with Crippen molar-refractivity contribution in [2.24, 2.45) is 0 Å². The Morgan fingerprint density at radius 1 is 1.23 bits per heavy atom. The summed E-state index contributed by atoms with van der Waals surface area (Å²) >= 11 is 0. The Morgan fingerprint density at radius 3 is 2.23 bits per heavy atom. The number of hydrogen-bond acceptors (Lipinski definition) is 2. The van der Waals surface area contributed by atoms with E-state index in [4.69, 9.17) is 9.47 Å². The van der Waals surface area contributed by atoms with Crippen LogP contribution in [0.2, 0.25) is 0 Å². The molecule has 1 spiro atoms. The van der Waals surface area contributed by atoms with Gasteiger partial charge < -0.3 is 9.47 Å². The smallest absolute Gasteiger partial charge is 0.169 e. The molecular formula is C10H15FO2. The van der Waals surface area contributed by atoms with Crippen LogP contribution in [0.15, 0.2) is 11.4 Å². The van der Waals surface area contributed by atoms with Crippen LogP contribution in [0.3, 0.4) is 0 Å². The molecule has 0 unspecified atom stereocenters. The van der Waals surface area contributed by atoms with Gasteiger partial charge in [-0.25, -0.2) is 4.39 Å². The third-order valence-corrected chi connectivity index (χ3v) is 2.92. The Bertz CT molecular complexity index is 213. The van der Waals surface area contributed by atoms with E-state index in [0.717, 1.165) is 31.3 Å². The molecule has 1 aliphatic heterocycles. The third kappa shape index (κ3) is 1.76. The summed E-state index contributed by atoms with van der Waals surface area (Å²) in [6, 6.07) is 0. The van der Waals surface area contributed by atoms with Gasteiger partial charge >= 0.3 is 0 Å². The standard InChI is InChI=1S/C10H15FO2/c1-8(11)9-2-4-10(5-3-9)12-6-7-13-10/h2-7H2,1H3. The molecule has 0 bridgehead atoms. The summed E-state index contributed by atoms with van der Waals surface area (Å²) in [6.07, 6.45) is 3.18. The minimum Gasteiger partial charge on any atom is -0.348 e. The highest BCUT2D eigenvalue weighted by atomic mass is 19.1. The van der Waals surface area contributed by atoms with Crippen LogP contribution in [0.5, 0.6) is 0 Å². The van der Waals surface area contributed by atoms with E-state index in [1.807, 2.05) is 0 Å². The van der Waals surface area contributed by atoms with Crippen molar-refractivity contribution in [2.45, 2.75) is 38.4 Å². The van der Waals surface area contributed by atoms with Crippen molar-refractivity contribution < 1.29 is 13.9 Å². The summed E-state index contributed by atoms with van der Waals surface area (Å²) in [5.74, 6) is -0.383. The molecule has 2 rings (SSSR count). The van der Waals surface area contributed by atoms with Crippen molar-refractivity contribution in [2.75, 3.05) is 13.2 Å². The lowest BCUT2D eigenvalue weighted by molar-refractivity contribution is -0.171. The zero-order chi connectivity index (χ0) is 9.31. The van der Waals surface area contributed by atoms with Crippen LogP contribution < -0.4 is 0 Å². The second kappa shape index (κ2) is 3.39. The first-order chi connectivity index (χ1) is 6.22. The Hall–Kier alpha value is -0.410. The van der Waals surface area contributed by atoms with Gasteiger partial charge in [-0.15, -0.1) is 0 Å². The summed E-state index contributed by atoms with van der Waals surface area (Å²) in [6.45, 7) is 2.91. The van der Waals surface area contributed by atoms with Crippen molar-refractivity contribution >= 4 is 0 Å². The topological polar surface area (TPSA) is 18.5 Å². The summed E-state index contributed by atoms with van der Waals surface area (Å²) in [5, 5.41) is 0. The highest BCUT2D eigenvalue weighted by Crippen LogP contribution is 2.38.